The standard InChI is InChI=1S/C13H10F2N2.C2H6/c1-8-13(16-12-3-2-6-17(8)12)10-5-4-9(14)7-11(10)15;1-2/h2-5,7H,6H2,1H3;1-2H3. The van der Waals surface area contributed by atoms with E-state index in [-0.39, 0.29) is 0 Å². The van der Waals surface area contributed by atoms with Crippen molar-refractivity contribution in [2.45, 2.75) is 27.3 Å². The van der Waals surface area contributed by atoms with Gasteiger partial charge in [0, 0.05) is 23.9 Å². The van der Waals surface area contributed by atoms with Gasteiger partial charge in [0.1, 0.15) is 17.5 Å². The number of fused-ring (bicyclic) bond motifs is 1. The van der Waals surface area contributed by atoms with Crippen LogP contribution < -0.4 is 0 Å². The Hall–Kier alpha value is -1.97. The van der Waals surface area contributed by atoms with E-state index >= 15 is 0 Å². The number of halogens is 2. The third kappa shape index (κ3) is 2.30. The van der Waals surface area contributed by atoms with E-state index in [1.165, 1.54) is 12.1 Å². The molecular weight excluding hydrogens is 246 g/mol. The molecule has 1 aromatic heterocycles. The van der Waals surface area contributed by atoms with Crippen molar-refractivity contribution in [1.29, 1.82) is 0 Å². The van der Waals surface area contributed by atoms with Crippen LogP contribution in [-0.2, 0) is 6.54 Å². The molecule has 100 valence electrons. The fraction of sp³-hybridized carbons (Fsp3) is 0.267. The highest BCUT2D eigenvalue weighted by atomic mass is 19.1. The van der Waals surface area contributed by atoms with Crippen molar-refractivity contribution in [2.24, 2.45) is 0 Å². The lowest BCUT2D eigenvalue weighted by Crippen LogP contribution is -1.96. The average molecular weight is 262 g/mol. The maximum absolute atomic E-state index is 13.7. The Morgan fingerprint density at radius 3 is 2.58 bits per heavy atom. The molecule has 0 amide bonds. The Kier molecular flexibility index (Phi) is 3.79. The van der Waals surface area contributed by atoms with Crippen molar-refractivity contribution < 1.29 is 8.78 Å². The molecule has 2 nitrogen and oxygen atoms in total. The summed E-state index contributed by atoms with van der Waals surface area (Å²) >= 11 is 0. The molecule has 3 rings (SSSR count). The highest BCUT2D eigenvalue weighted by molar-refractivity contribution is 5.65. The largest absolute Gasteiger partial charge is 0.324 e. The lowest BCUT2D eigenvalue weighted by molar-refractivity contribution is 0.585. The Balaban J connectivity index is 0.000000637. The van der Waals surface area contributed by atoms with Gasteiger partial charge in [0.15, 0.2) is 0 Å². The predicted octanol–water partition coefficient (Wildman–Crippen LogP) is 4.19. The van der Waals surface area contributed by atoms with Gasteiger partial charge in [-0.15, -0.1) is 0 Å². The van der Waals surface area contributed by atoms with Gasteiger partial charge in [-0.05, 0) is 25.1 Å². The normalized spacial score (nSPS) is 12.1. The zero-order valence-corrected chi connectivity index (χ0v) is 11.2. The van der Waals surface area contributed by atoms with Crippen LogP contribution in [0.5, 0.6) is 0 Å². The van der Waals surface area contributed by atoms with E-state index < -0.39 is 11.6 Å². The molecule has 19 heavy (non-hydrogen) atoms. The van der Waals surface area contributed by atoms with Gasteiger partial charge in [0.25, 0.3) is 0 Å². The van der Waals surface area contributed by atoms with Gasteiger partial charge in [-0.3, -0.25) is 0 Å². The van der Waals surface area contributed by atoms with Crippen molar-refractivity contribution in [2.75, 3.05) is 0 Å². The molecule has 0 radical (unpaired) electrons. The first kappa shape index (κ1) is 13.5. The molecule has 0 saturated carbocycles. The lowest BCUT2D eigenvalue weighted by atomic mass is 10.1. The maximum Gasteiger partial charge on any atom is 0.135 e. The minimum Gasteiger partial charge on any atom is -0.324 e. The van der Waals surface area contributed by atoms with Crippen molar-refractivity contribution in [3.05, 3.63) is 47.4 Å². The zero-order valence-electron chi connectivity index (χ0n) is 11.2. The molecule has 0 aliphatic carbocycles. The number of rotatable bonds is 1. The topological polar surface area (TPSA) is 17.8 Å². The molecule has 0 N–H and O–H groups in total. The minimum atomic E-state index is -0.575. The second-order valence-corrected chi connectivity index (χ2v) is 4.04. The Morgan fingerprint density at radius 2 is 1.95 bits per heavy atom. The minimum absolute atomic E-state index is 0.346. The van der Waals surface area contributed by atoms with E-state index in [1.54, 1.807) is 0 Å². The summed E-state index contributed by atoms with van der Waals surface area (Å²) in [6, 6.07) is 3.56. The van der Waals surface area contributed by atoms with Crippen molar-refractivity contribution in [1.82, 2.24) is 9.55 Å². The molecule has 0 saturated heterocycles. The van der Waals surface area contributed by atoms with Gasteiger partial charge in [-0.1, -0.05) is 19.9 Å². The van der Waals surface area contributed by atoms with Crippen LogP contribution in [0.15, 0.2) is 24.3 Å². The van der Waals surface area contributed by atoms with Gasteiger partial charge in [0.05, 0.1) is 5.69 Å². The van der Waals surface area contributed by atoms with Gasteiger partial charge in [-0.25, -0.2) is 13.8 Å². The van der Waals surface area contributed by atoms with Crippen LogP contribution in [0.3, 0.4) is 0 Å². The molecule has 0 atom stereocenters. The SMILES string of the molecule is CC.Cc1c(-c2ccc(F)cc2F)nc2n1CC=C2. The molecule has 0 spiro atoms. The van der Waals surface area contributed by atoms with Crippen molar-refractivity contribution in [3.63, 3.8) is 0 Å². The molecule has 1 aliphatic rings. The van der Waals surface area contributed by atoms with E-state index in [9.17, 15) is 8.78 Å². The number of hydrogen-bond acceptors (Lipinski definition) is 1. The fourth-order valence-corrected chi connectivity index (χ4v) is 2.11. The van der Waals surface area contributed by atoms with Crippen molar-refractivity contribution in [3.8, 4) is 11.3 Å². The van der Waals surface area contributed by atoms with Crippen LogP contribution in [0.1, 0.15) is 25.4 Å². The Labute approximate surface area is 111 Å². The predicted molar refractivity (Wildman–Crippen MR) is 72.7 cm³/mol. The fourth-order valence-electron chi connectivity index (χ4n) is 2.11. The van der Waals surface area contributed by atoms with Crippen LogP contribution >= 0.6 is 0 Å². The van der Waals surface area contributed by atoms with E-state index in [0.29, 0.717) is 11.3 Å². The molecule has 0 fully saturated rings. The van der Waals surface area contributed by atoms with Gasteiger partial charge in [0.2, 0.25) is 0 Å². The molecule has 2 heterocycles. The highest BCUT2D eigenvalue weighted by Gasteiger charge is 2.18. The number of nitrogens with zero attached hydrogens (tertiary/aromatic N) is 2. The molecule has 1 aromatic carbocycles. The van der Waals surface area contributed by atoms with Gasteiger partial charge >= 0.3 is 0 Å². The summed E-state index contributed by atoms with van der Waals surface area (Å²) in [5.41, 5.74) is 1.83. The summed E-state index contributed by atoms with van der Waals surface area (Å²) in [4.78, 5) is 4.36. The summed E-state index contributed by atoms with van der Waals surface area (Å²) in [5, 5.41) is 0. The molecule has 0 unspecified atom stereocenters. The number of allylic oxidation sites excluding steroid dienone is 1. The Morgan fingerprint density at radius 1 is 1.21 bits per heavy atom. The third-order valence-electron chi connectivity index (χ3n) is 2.99. The first-order valence-electron chi connectivity index (χ1n) is 6.36. The quantitative estimate of drug-likeness (QED) is 0.753. The van der Waals surface area contributed by atoms with E-state index in [2.05, 4.69) is 4.98 Å². The van der Waals surface area contributed by atoms with E-state index in [0.717, 1.165) is 24.1 Å². The lowest BCUT2D eigenvalue weighted by Gasteiger charge is -2.03. The summed E-state index contributed by atoms with van der Waals surface area (Å²) in [6.45, 7) is 6.65. The summed E-state index contributed by atoms with van der Waals surface area (Å²) < 4.78 is 28.5. The first-order chi connectivity index (χ1) is 9.16. The highest BCUT2D eigenvalue weighted by Crippen LogP contribution is 2.28. The summed E-state index contributed by atoms with van der Waals surface area (Å²) in [5.74, 6) is -0.328. The van der Waals surface area contributed by atoms with E-state index in [1.807, 2.05) is 37.5 Å². The number of aromatic nitrogens is 2. The van der Waals surface area contributed by atoms with E-state index in [4.69, 9.17) is 0 Å². The second-order valence-electron chi connectivity index (χ2n) is 4.04. The summed E-state index contributed by atoms with van der Waals surface area (Å²) in [6.07, 6.45) is 3.90. The van der Waals surface area contributed by atoms with Crippen LogP contribution in [0.2, 0.25) is 0 Å². The second kappa shape index (κ2) is 5.34. The molecule has 2 aromatic rings. The monoisotopic (exact) mass is 262 g/mol. The number of hydrogen-bond donors (Lipinski definition) is 0. The third-order valence-corrected chi connectivity index (χ3v) is 2.99. The molecule has 4 heteroatoms. The molecule has 1 aliphatic heterocycles. The zero-order chi connectivity index (χ0) is 14.0. The number of benzene rings is 1. The van der Waals surface area contributed by atoms with Gasteiger partial charge < -0.3 is 4.57 Å². The van der Waals surface area contributed by atoms with Crippen LogP contribution in [0, 0.1) is 18.6 Å². The van der Waals surface area contributed by atoms with Crippen LogP contribution in [0.4, 0.5) is 8.78 Å². The van der Waals surface area contributed by atoms with Crippen LogP contribution in [0.25, 0.3) is 17.3 Å². The average Bonchev–Trinajstić information content (AvgIpc) is 2.96. The van der Waals surface area contributed by atoms with Crippen LogP contribution in [-0.4, -0.2) is 9.55 Å². The van der Waals surface area contributed by atoms with Crippen molar-refractivity contribution >= 4 is 6.08 Å². The Bertz CT molecular complexity index is 627. The molecular formula is C15H16F2N2. The smallest absolute Gasteiger partial charge is 0.135 e. The first-order valence-corrected chi connectivity index (χ1v) is 6.36. The number of imidazole rings is 1. The maximum atomic E-state index is 13.7. The molecule has 0 bridgehead atoms. The summed E-state index contributed by atoms with van der Waals surface area (Å²) in [7, 11) is 0. The van der Waals surface area contributed by atoms with Gasteiger partial charge in [-0.2, -0.15) is 0 Å².